The molecule has 0 aromatic carbocycles. The van der Waals surface area contributed by atoms with E-state index in [4.69, 9.17) is 5.73 Å². The number of nitrogens with zero attached hydrogens (tertiary/aromatic N) is 1. The second-order valence-electron chi connectivity index (χ2n) is 5.29. The third kappa shape index (κ3) is 2.96. The maximum Gasteiger partial charge on any atom is 0.217 e. The van der Waals surface area contributed by atoms with Crippen molar-refractivity contribution >= 4 is 10.0 Å². The second-order valence-corrected chi connectivity index (χ2v) is 7.65. The zero-order valence-electron chi connectivity index (χ0n) is 9.93. The van der Waals surface area contributed by atoms with E-state index < -0.39 is 15.3 Å². The van der Waals surface area contributed by atoms with Gasteiger partial charge in [-0.05, 0) is 44.4 Å². The van der Waals surface area contributed by atoms with Crippen LogP contribution in [-0.2, 0) is 10.0 Å². The van der Waals surface area contributed by atoms with Gasteiger partial charge in [-0.25, -0.2) is 12.7 Å². The van der Waals surface area contributed by atoms with Crippen LogP contribution >= 0.6 is 0 Å². The summed E-state index contributed by atoms with van der Waals surface area (Å²) >= 11 is 0. The lowest BCUT2D eigenvalue weighted by Gasteiger charge is -2.25. The number of sulfonamides is 1. The summed E-state index contributed by atoms with van der Waals surface area (Å²) in [6.45, 7) is 3.38. The van der Waals surface area contributed by atoms with Crippen LogP contribution in [-0.4, -0.2) is 37.6 Å². The van der Waals surface area contributed by atoms with Crippen molar-refractivity contribution in [1.29, 1.82) is 0 Å². The Morgan fingerprint density at radius 2 is 1.62 bits per heavy atom. The van der Waals surface area contributed by atoms with E-state index in [0.29, 0.717) is 11.8 Å². The summed E-state index contributed by atoms with van der Waals surface area (Å²) in [5.41, 5.74) is 5.48. The van der Waals surface area contributed by atoms with Crippen LogP contribution in [0.2, 0.25) is 0 Å². The molecule has 1 atom stereocenters. The molecular weight excluding hydrogens is 224 g/mol. The Labute approximate surface area is 98.2 Å². The minimum Gasteiger partial charge on any atom is -0.329 e. The molecule has 0 spiro atoms. The normalized spacial score (nSPS) is 23.7. The van der Waals surface area contributed by atoms with E-state index in [2.05, 4.69) is 0 Å². The Morgan fingerprint density at radius 3 is 1.94 bits per heavy atom. The van der Waals surface area contributed by atoms with Gasteiger partial charge in [0.15, 0.2) is 0 Å². The molecule has 5 heteroatoms. The smallest absolute Gasteiger partial charge is 0.217 e. The molecule has 0 radical (unpaired) electrons. The number of hydrogen-bond donors (Lipinski definition) is 1. The molecule has 0 amide bonds. The molecule has 2 fully saturated rings. The molecule has 0 heterocycles. The van der Waals surface area contributed by atoms with E-state index in [1.165, 1.54) is 25.7 Å². The van der Waals surface area contributed by atoms with Crippen LogP contribution in [0.25, 0.3) is 0 Å². The molecule has 94 valence electrons. The van der Waals surface area contributed by atoms with Gasteiger partial charge in [0.2, 0.25) is 10.0 Å². The lowest BCUT2D eigenvalue weighted by Crippen LogP contribution is -2.42. The van der Waals surface area contributed by atoms with Gasteiger partial charge in [0.1, 0.15) is 0 Å². The fraction of sp³-hybridized carbons (Fsp3) is 1.00. The third-order valence-electron chi connectivity index (χ3n) is 3.52. The molecule has 4 nitrogen and oxygen atoms in total. The fourth-order valence-corrected chi connectivity index (χ4v) is 3.42. The Balaban J connectivity index is 2.02. The minimum absolute atomic E-state index is 0.216. The monoisotopic (exact) mass is 246 g/mol. The van der Waals surface area contributed by atoms with Gasteiger partial charge in [-0.1, -0.05) is 0 Å². The van der Waals surface area contributed by atoms with Gasteiger partial charge in [0.05, 0.1) is 5.25 Å². The van der Waals surface area contributed by atoms with E-state index in [1.54, 1.807) is 11.2 Å². The van der Waals surface area contributed by atoms with E-state index in [0.717, 1.165) is 13.1 Å². The van der Waals surface area contributed by atoms with Crippen LogP contribution in [0.1, 0.15) is 32.6 Å². The number of rotatable bonds is 7. The average Bonchev–Trinajstić information content (AvgIpc) is 3.09. The highest BCUT2D eigenvalue weighted by atomic mass is 32.2. The van der Waals surface area contributed by atoms with Crippen LogP contribution in [0.3, 0.4) is 0 Å². The minimum atomic E-state index is -3.15. The largest absolute Gasteiger partial charge is 0.329 e. The molecule has 1 unspecified atom stereocenters. The first-order valence-corrected chi connectivity index (χ1v) is 7.73. The van der Waals surface area contributed by atoms with Gasteiger partial charge >= 0.3 is 0 Å². The lowest BCUT2D eigenvalue weighted by atomic mass is 10.4. The predicted molar refractivity (Wildman–Crippen MR) is 64.5 cm³/mol. The van der Waals surface area contributed by atoms with E-state index in [1.807, 2.05) is 0 Å². The summed E-state index contributed by atoms with van der Waals surface area (Å²) in [5, 5.41) is -0.440. The van der Waals surface area contributed by atoms with Crippen molar-refractivity contribution < 1.29 is 8.42 Å². The highest BCUT2D eigenvalue weighted by Gasteiger charge is 2.36. The quantitative estimate of drug-likeness (QED) is 0.722. The van der Waals surface area contributed by atoms with Crippen molar-refractivity contribution in [1.82, 2.24) is 4.31 Å². The molecule has 0 aliphatic heterocycles. The first-order chi connectivity index (χ1) is 7.54. The maximum absolute atomic E-state index is 12.2. The molecule has 0 aromatic heterocycles. The van der Waals surface area contributed by atoms with E-state index in [9.17, 15) is 8.42 Å². The van der Waals surface area contributed by atoms with Gasteiger partial charge < -0.3 is 5.73 Å². The summed E-state index contributed by atoms with van der Waals surface area (Å²) in [4.78, 5) is 0. The molecule has 16 heavy (non-hydrogen) atoms. The maximum atomic E-state index is 12.2. The van der Waals surface area contributed by atoms with Crippen molar-refractivity contribution in [2.75, 3.05) is 19.6 Å². The topological polar surface area (TPSA) is 63.4 Å². The van der Waals surface area contributed by atoms with Crippen molar-refractivity contribution in [3.63, 3.8) is 0 Å². The van der Waals surface area contributed by atoms with Crippen LogP contribution in [0.4, 0.5) is 0 Å². The standard InChI is InChI=1S/C11H22N2O2S/c1-9(6-12)16(14,15)13(7-10-2-3-10)8-11-4-5-11/h9-11H,2-8,12H2,1H3. The van der Waals surface area contributed by atoms with Crippen molar-refractivity contribution in [3.8, 4) is 0 Å². The Hall–Kier alpha value is -0.130. The molecule has 0 saturated heterocycles. The average molecular weight is 246 g/mol. The van der Waals surface area contributed by atoms with Crippen LogP contribution in [0, 0.1) is 11.8 Å². The first-order valence-electron chi connectivity index (χ1n) is 6.23. The van der Waals surface area contributed by atoms with Gasteiger partial charge in [0.25, 0.3) is 0 Å². The molecule has 2 rings (SSSR count). The van der Waals surface area contributed by atoms with Crippen molar-refractivity contribution in [2.45, 2.75) is 37.9 Å². The molecular formula is C11H22N2O2S. The summed E-state index contributed by atoms with van der Waals surface area (Å²) in [6, 6.07) is 0. The SMILES string of the molecule is CC(CN)S(=O)(=O)N(CC1CC1)CC1CC1. The van der Waals surface area contributed by atoms with Crippen LogP contribution < -0.4 is 5.73 Å². The van der Waals surface area contributed by atoms with Gasteiger partial charge in [-0.3, -0.25) is 0 Å². The van der Waals surface area contributed by atoms with Crippen LogP contribution in [0.5, 0.6) is 0 Å². The molecule has 2 saturated carbocycles. The van der Waals surface area contributed by atoms with Crippen LogP contribution in [0.15, 0.2) is 0 Å². The molecule has 2 aliphatic carbocycles. The Kier molecular flexibility index (Phi) is 3.56. The van der Waals surface area contributed by atoms with Crippen molar-refractivity contribution in [3.05, 3.63) is 0 Å². The molecule has 0 aromatic rings. The summed E-state index contributed by atoms with van der Waals surface area (Å²) in [5.74, 6) is 1.22. The molecule has 0 bridgehead atoms. The third-order valence-corrected chi connectivity index (χ3v) is 5.75. The first kappa shape index (κ1) is 12.3. The molecule has 2 aliphatic rings. The summed E-state index contributed by atoms with van der Waals surface area (Å²) < 4.78 is 26.2. The molecule has 2 N–H and O–H groups in total. The van der Waals surface area contributed by atoms with Gasteiger partial charge in [-0.15, -0.1) is 0 Å². The fourth-order valence-electron chi connectivity index (χ4n) is 1.84. The Bertz CT molecular complexity index is 320. The lowest BCUT2D eigenvalue weighted by molar-refractivity contribution is 0.377. The van der Waals surface area contributed by atoms with E-state index in [-0.39, 0.29) is 6.54 Å². The highest BCUT2D eigenvalue weighted by Crippen LogP contribution is 2.35. The number of nitrogens with two attached hydrogens (primary N) is 1. The van der Waals surface area contributed by atoms with Gasteiger partial charge in [-0.2, -0.15) is 0 Å². The predicted octanol–water partition coefficient (Wildman–Crippen LogP) is 0.785. The second kappa shape index (κ2) is 4.63. The zero-order chi connectivity index (χ0) is 11.8. The Morgan fingerprint density at radius 1 is 1.19 bits per heavy atom. The number of hydrogen-bond acceptors (Lipinski definition) is 3. The summed E-state index contributed by atoms with van der Waals surface area (Å²) in [7, 11) is -3.15. The summed E-state index contributed by atoms with van der Waals surface area (Å²) in [6.07, 6.45) is 4.75. The highest BCUT2D eigenvalue weighted by molar-refractivity contribution is 7.89. The van der Waals surface area contributed by atoms with E-state index >= 15 is 0 Å². The zero-order valence-corrected chi connectivity index (χ0v) is 10.7. The van der Waals surface area contributed by atoms with Gasteiger partial charge in [0, 0.05) is 19.6 Å². The van der Waals surface area contributed by atoms with Crippen molar-refractivity contribution in [2.24, 2.45) is 17.6 Å².